The van der Waals surface area contributed by atoms with E-state index >= 15 is 0 Å². The molecule has 6 heteroatoms. The molecule has 1 aliphatic rings. The Morgan fingerprint density at radius 3 is 2.36 bits per heavy atom. The molecule has 0 radical (unpaired) electrons. The number of para-hydroxylation sites is 1. The smallest absolute Gasteiger partial charge is 0.233 e. The van der Waals surface area contributed by atoms with Gasteiger partial charge in [-0.2, -0.15) is 0 Å². The van der Waals surface area contributed by atoms with Gasteiger partial charge in [-0.1, -0.05) is 73.1 Å². The van der Waals surface area contributed by atoms with Crippen LogP contribution in [0.5, 0.6) is 0 Å². The molecule has 2 aromatic carbocycles. The van der Waals surface area contributed by atoms with E-state index in [0.717, 1.165) is 35.1 Å². The number of benzene rings is 2. The highest BCUT2D eigenvalue weighted by Crippen LogP contribution is 2.30. The molecule has 1 saturated carbocycles. The van der Waals surface area contributed by atoms with Gasteiger partial charge in [0.2, 0.25) is 5.91 Å². The SMILES string of the molecule is C[C@@H](Sc1nnc(-c2ccccc2)n1-c1ccccc1)C(=O)NC1CCCC1. The van der Waals surface area contributed by atoms with Crippen molar-refractivity contribution >= 4 is 17.7 Å². The van der Waals surface area contributed by atoms with E-state index in [0.29, 0.717) is 6.04 Å². The number of aromatic nitrogens is 3. The monoisotopic (exact) mass is 392 g/mol. The molecule has 0 saturated heterocycles. The lowest BCUT2D eigenvalue weighted by molar-refractivity contribution is -0.120. The zero-order chi connectivity index (χ0) is 19.3. The van der Waals surface area contributed by atoms with Gasteiger partial charge in [-0.25, -0.2) is 0 Å². The Morgan fingerprint density at radius 2 is 1.68 bits per heavy atom. The van der Waals surface area contributed by atoms with Crippen molar-refractivity contribution in [3.8, 4) is 17.1 Å². The molecular weight excluding hydrogens is 368 g/mol. The van der Waals surface area contributed by atoms with Gasteiger partial charge in [0.15, 0.2) is 11.0 Å². The highest BCUT2D eigenvalue weighted by molar-refractivity contribution is 8.00. The molecule has 1 heterocycles. The van der Waals surface area contributed by atoms with Crippen molar-refractivity contribution in [2.24, 2.45) is 0 Å². The van der Waals surface area contributed by atoms with E-state index in [4.69, 9.17) is 0 Å². The first-order valence-corrected chi connectivity index (χ1v) is 10.6. The van der Waals surface area contributed by atoms with Crippen molar-refractivity contribution < 1.29 is 4.79 Å². The van der Waals surface area contributed by atoms with Crippen LogP contribution in [0.1, 0.15) is 32.6 Å². The minimum absolute atomic E-state index is 0.0702. The number of hydrogen-bond donors (Lipinski definition) is 1. The van der Waals surface area contributed by atoms with Gasteiger partial charge < -0.3 is 5.32 Å². The Bertz CT molecular complexity index is 920. The summed E-state index contributed by atoms with van der Waals surface area (Å²) in [6.45, 7) is 1.93. The number of carbonyl (C=O) groups is 1. The topological polar surface area (TPSA) is 59.8 Å². The molecule has 5 nitrogen and oxygen atoms in total. The average Bonchev–Trinajstić information content (AvgIpc) is 3.39. The molecule has 3 aromatic rings. The quantitative estimate of drug-likeness (QED) is 0.629. The van der Waals surface area contributed by atoms with E-state index in [9.17, 15) is 4.79 Å². The summed E-state index contributed by atoms with van der Waals surface area (Å²) in [6, 6.07) is 20.4. The van der Waals surface area contributed by atoms with Crippen LogP contribution >= 0.6 is 11.8 Å². The lowest BCUT2D eigenvalue weighted by Crippen LogP contribution is -2.37. The Kier molecular flexibility index (Phi) is 5.76. The first-order chi connectivity index (χ1) is 13.7. The summed E-state index contributed by atoms with van der Waals surface area (Å²) in [4.78, 5) is 12.6. The van der Waals surface area contributed by atoms with Crippen molar-refractivity contribution in [1.82, 2.24) is 20.1 Å². The van der Waals surface area contributed by atoms with E-state index in [1.807, 2.05) is 72.2 Å². The molecule has 1 aromatic heterocycles. The first kappa shape index (κ1) is 18.7. The van der Waals surface area contributed by atoms with Gasteiger partial charge in [-0.05, 0) is 31.9 Å². The fourth-order valence-corrected chi connectivity index (χ4v) is 4.41. The minimum Gasteiger partial charge on any atom is -0.352 e. The largest absolute Gasteiger partial charge is 0.352 e. The molecule has 0 bridgehead atoms. The van der Waals surface area contributed by atoms with E-state index in [1.54, 1.807) is 0 Å². The number of hydrogen-bond acceptors (Lipinski definition) is 4. The third-order valence-corrected chi connectivity index (χ3v) is 6.08. The minimum atomic E-state index is -0.240. The standard InChI is InChI=1S/C22H24N4OS/c1-16(21(27)23-18-12-8-9-13-18)28-22-25-24-20(17-10-4-2-5-11-17)26(22)19-14-6-3-7-15-19/h2-7,10-11,14-16,18H,8-9,12-13H2,1H3,(H,23,27)/t16-/m1/s1. The highest BCUT2D eigenvalue weighted by Gasteiger charge is 2.24. The number of rotatable bonds is 6. The number of thioether (sulfide) groups is 1. The molecule has 1 fully saturated rings. The summed E-state index contributed by atoms with van der Waals surface area (Å²) in [5.74, 6) is 0.846. The fourth-order valence-electron chi connectivity index (χ4n) is 3.53. The molecule has 1 N–H and O–H groups in total. The van der Waals surface area contributed by atoms with Gasteiger partial charge in [0, 0.05) is 17.3 Å². The van der Waals surface area contributed by atoms with Crippen LogP contribution in [-0.2, 0) is 4.79 Å². The Balaban J connectivity index is 1.61. The maximum absolute atomic E-state index is 12.6. The lowest BCUT2D eigenvalue weighted by Gasteiger charge is -2.17. The molecule has 0 unspecified atom stereocenters. The van der Waals surface area contributed by atoms with Crippen LogP contribution < -0.4 is 5.32 Å². The number of amides is 1. The molecule has 1 aliphatic carbocycles. The second-order valence-corrected chi connectivity index (χ2v) is 8.40. The maximum atomic E-state index is 12.6. The summed E-state index contributed by atoms with van der Waals surface area (Å²) in [5, 5.41) is 12.5. The molecule has 0 aliphatic heterocycles. The predicted octanol–water partition coefficient (Wildman–Crippen LogP) is 4.47. The first-order valence-electron chi connectivity index (χ1n) is 9.75. The van der Waals surface area contributed by atoms with Gasteiger partial charge >= 0.3 is 0 Å². The normalized spacial score (nSPS) is 15.5. The van der Waals surface area contributed by atoms with Crippen molar-refractivity contribution in [2.45, 2.75) is 49.1 Å². The van der Waals surface area contributed by atoms with Gasteiger partial charge in [-0.3, -0.25) is 9.36 Å². The van der Waals surface area contributed by atoms with Gasteiger partial charge in [-0.15, -0.1) is 10.2 Å². The van der Waals surface area contributed by atoms with Crippen molar-refractivity contribution in [1.29, 1.82) is 0 Å². The van der Waals surface area contributed by atoms with E-state index in [-0.39, 0.29) is 11.2 Å². The predicted molar refractivity (Wildman–Crippen MR) is 113 cm³/mol. The third-order valence-electron chi connectivity index (χ3n) is 5.03. The highest BCUT2D eigenvalue weighted by atomic mass is 32.2. The van der Waals surface area contributed by atoms with Crippen LogP contribution in [0.15, 0.2) is 65.8 Å². The molecule has 1 atom stereocenters. The molecule has 1 amide bonds. The lowest BCUT2D eigenvalue weighted by atomic mass is 10.2. The van der Waals surface area contributed by atoms with Crippen LogP contribution in [0, 0.1) is 0 Å². The summed E-state index contributed by atoms with van der Waals surface area (Å²) in [6.07, 6.45) is 4.58. The second-order valence-electron chi connectivity index (χ2n) is 7.09. The van der Waals surface area contributed by atoms with Crippen molar-refractivity contribution in [3.63, 3.8) is 0 Å². The summed E-state index contributed by atoms with van der Waals surface area (Å²) in [7, 11) is 0. The van der Waals surface area contributed by atoms with Gasteiger partial charge in [0.1, 0.15) is 0 Å². The molecule has 28 heavy (non-hydrogen) atoms. The van der Waals surface area contributed by atoms with Crippen LogP contribution in [0.2, 0.25) is 0 Å². The Labute approximate surface area is 169 Å². The van der Waals surface area contributed by atoms with E-state index < -0.39 is 0 Å². The summed E-state index contributed by atoms with van der Waals surface area (Å²) in [5.41, 5.74) is 1.98. The fraction of sp³-hybridized carbons (Fsp3) is 0.318. The average molecular weight is 393 g/mol. The van der Waals surface area contributed by atoms with Crippen molar-refractivity contribution in [2.75, 3.05) is 0 Å². The van der Waals surface area contributed by atoms with E-state index in [1.165, 1.54) is 24.6 Å². The van der Waals surface area contributed by atoms with Crippen LogP contribution in [0.25, 0.3) is 17.1 Å². The Hall–Kier alpha value is -2.60. The summed E-state index contributed by atoms with van der Waals surface area (Å²) < 4.78 is 2.03. The van der Waals surface area contributed by atoms with Gasteiger partial charge in [0.05, 0.1) is 5.25 Å². The second kappa shape index (κ2) is 8.61. The molecular formula is C22H24N4OS. The molecule has 4 rings (SSSR count). The van der Waals surface area contributed by atoms with Gasteiger partial charge in [0.25, 0.3) is 0 Å². The van der Waals surface area contributed by atoms with Crippen LogP contribution in [0.3, 0.4) is 0 Å². The number of nitrogens with one attached hydrogen (secondary N) is 1. The number of nitrogens with zero attached hydrogens (tertiary/aromatic N) is 3. The summed E-state index contributed by atoms with van der Waals surface area (Å²) >= 11 is 1.45. The zero-order valence-electron chi connectivity index (χ0n) is 15.9. The maximum Gasteiger partial charge on any atom is 0.233 e. The van der Waals surface area contributed by atoms with Crippen LogP contribution in [0.4, 0.5) is 0 Å². The van der Waals surface area contributed by atoms with Crippen molar-refractivity contribution in [3.05, 3.63) is 60.7 Å². The zero-order valence-corrected chi connectivity index (χ0v) is 16.7. The molecule has 144 valence electrons. The van der Waals surface area contributed by atoms with Crippen LogP contribution in [-0.4, -0.2) is 32.0 Å². The number of carbonyl (C=O) groups excluding carboxylic acids is 1. The van der Waals surface area contributed by atoms with E-state index in [2.05, 4.69) is 15.5 Å². The third kappa shape index (κ3) is 4.12. The Morgan fingerprint density at radius 1 is 1.04 bits per heavy atom. The molecule has 0 spiro atoms.